The van der Waals surface area contributed by atoms with Crippen LogP contribution in [0.3, 0.4) is 0 Å². The molecule has 0 unspecified atom stereocenters. The predicted molar refractivity (Wildman–Crippen MR) is 144 cm³/mol. The Kier molecular flexibility index (Phi) is 7.83. The number of carbonyl (C=O) groups is 2. The highest BCUT2D eigenvalue weighted by Gasteiger charge is 2.15. The number of carbonyl (C=O) groups excluding carboxylic acids is 2. The zero-order chi connectivity index (χ0) is 25.3. The molecule has 10 nitrogen and oxygen atoms in total. The van der Waals surface area contributed by atoms with Gasteiger partial charge in [-0.2, -0.15) is 0 Å². The van der Waals surface area contributed by atoms with Gasteiger partial charge in [-0.25, -0.2) is 0 Å². The van der Waals surface area contributed by atoms with Crippen molar-refractivity contribution in [2.24, 2.45) is 20.5 Å². The number of hydrogen-bond donors (Lipinski definition) is 4. The van der Waals surface area contributed by atoms with Crippen molar-refractivity contribution in [3.05, 3.63) is 42.2 Å². The zero-order valence-electron chi connectivity index (χ0n) is 17.4. The van der Waals surface area contributed by atoms with Crippen molar-refractivity contribution in [3.8, 4) is 11.6 Å². The second kappa shape index (κ2) is 10.7. The van der Waals surface area contributed by atoms with Crippen LogP contribution in [0, 0.1) is 0 Å². The van der Waals surface area contributed by atoms with Crippen LogP contribution in [0.25, 0.3) is 21.8 Å². The minimum atomic E-state index is -0.558. The van der Waals surface area contributed by atoms with Gasteiger partial charge < -0.3 is 20.2 Å². The zero-order valence-corrected chi connectivity index (χ0v) is 23.8. The number of fused-ring (bicyclic) bond motifs is 2. The molecule has 4 aromatic rings. The van der Waals surface area contributed by atoms with Gasteiger partial charge in [-0.1, -0.05) is 31.9 Å². The van der Waals surface area contributed by atoms with E-state index in [0.717, 1.165) is 8.95 Å². The topological polar surface area (TPSA) is 156 Å². The number of aromatic hydroxyl groups is 2. The average molecular weight is 734 g/mol. The standard InChI is InChI=1S/C21H14Br4N6O4/c22-8-4-10-16(12(24)6-8)27-21(35)18(10)30-28-14(32)2-1-3-15(33)29-31-20-19(34)11-5-9(23)7-13(25)17(11)26-20/h4-7,26-27,34-35H,1-3H2. The van der Waals surface area contributed by atoms with Crippen molar-refractivity contribution in [2.45, 2.75) is 19.3 Å². The molecule has 0 spiro atoms. The van der Waals surface area contributed by atoms with Crippen LogP contribution in [0.1, 0.15) is 19.3 Å². The second-order valence-corrected chi connectivity index (χ2v) is 10.8. The maximum atomic E-state index is 12.1. The Bertz CT molecular complexity index is 1540. The molecule has 2 aromatic carbocycles. The van der Waals surface area contributed by atoms with E-state index >= 15 is 0 Å². The Balaban J connectivity index is 1.35. The van der Waals surface area contributed by atoms with Crippen molar-refractivity contribution in [1.29, 1.82) is 0 Å². The number of amides is 2. The van der Waals surface area contributed by atoms with E-state index in [1.165, 1.54) is 0 Å². The van der Waals surface area contributed by atoms with Gasteiger partial charge in [0.05, 0.1) is 11.0 Å². The summed E-state index contributed by atoms with van der Waals surface area (Å²) in [7, 11) is 0. The molecule has 2 amide bonds. The van der Waals surface area contributed by atoms with Crippen LogP contribution in [0.15, 0.2) is 62.6 Å². The number of aromatic nitrogens is 2. The third kappa shape index (κ3) is 5.71. The molecule has 0 radical (unpaired) electrons. The summed E-state index contributed by atoms with van der Waals surface area (Å²) in [6, 6.07) is 7.05. The van der Waals surface area contributed by atoms with Gasteiger partial charge in [0, 0.05) is 41.5 Å². The molecular weight excluding hydrogens is 720 g/mol. The van der Waals surface area contributed by atoms with E-state index in [2.05, 4.69) is 94.1 Å². The van der Waals surface area contributed by atoms with Gasteiger partial charge in [0.15, 0.2) is 17.3 Å². The van der Waals surface area contributed by atoms with Crippen LogP contribution in [0.5, 0.6) is 11.6 Å². The number of nitrogens with zero attached hydrogens (tertiary/aromatic N) is 4. The van der Waals surface area contributed by atoms with E-state index in [0.29, 0.717) is 30.8 Å². The third-order valence-corrected chi connectivity index (χ3v) is 7.03. The van der Waals surface area contributed by atoms with Gasteiger partial charge in [-0.3, -0.25) is 9.59 Å². The van der Waals surface area contributed by atoms with Crippen molar-refractivity contribution in [2.75, 3.05) is 0 Å². The van der Waals surface area contributed by atoms with Gasteiger partial charge in [-0.15, -0.1) is 20.5 Å². The monoisotopic (exact) mass is 730 g/mol. The van der Waals surface area contributed by atoms with Gasteiger partial charge in [0.2, 0.25) is 5.88 Å². The van der Waals surface area contributed by atoms with Crippen LogP contribution in [-0.2, 0) is 9.59 Å². The first-order valence-corrected chi connectivity index (χ1v) is 13.1. The molecule has 0 bridgehead atoms. The first-order chi connectivity index (χ1) is 16.6. The summed E-state index contributed by atoms with van der Waals surface area (Å²) in [6.07, 6.45) is 0.100. The Hall–Kier alpha value is -2.42. The van der Waals surface area contributed by atoms with Crippen molar-refractivity contribution in [1.82, 2.24) is 9.97 Å². The number of rotatable bonds is 6. The van der Waals surface area contributed by atoms with Crippen LogP contribution < -0.4 is 0 Å². The van der Waals surface area contributed by atoms with Crippen molar-refractivity contribution >= 4 is 109 Å². The molecule has 2 aromatic heterocycles. The molecule has 4 N–H and O–H groups in total. The van der Waals surface area contributed by atoms with Crippen molar-refractivity contribution < 1.29 is 19.8 Å². The average Bonchev–Trinajstić information content (AvgIpc) is 3.27. The molecule has 0 atom stereocenters. The van der Waals surface area contributed by atoms with Gasteiger partial charge in [0.25, 0.3) is 11.8 Å². The molecule has 4 rings (SSSR count). The number of azo groups is 2. The summed E-state index contributed by atoms with van der Waals surface area (Å²) in [6.45, 7) is 0. The highest BCUT2D eigenvalue weighted by Crippen LogP contribution is 2.41. The number of halogens is 4. The van der Waals surface area contributed by atoms with E-state index in [4.69, 9.17) is 0 Å². The van der Waals surface area contributed by atoms with Gasteiger partial charge in [-0.05, 0) is 62.5 Å². The molecule has 0 aliphatic carbocycles. The number of hydrogen-bond acceptors (Lipinski definition) is 6. The Morgan fingerprint density at radius 3 is 1.94 bits per heavy atom. The van der Waals surface area contributed by atoms with Gasteiger partial charge >= 0.3 is 0 Å². The predicted octanol–water partition coefficient (Wildman–Crippen LogP) is 8.20. The van der Waals surface area contributed by atoms with Gasteiger partial charge in [0.1, 0.15) is 0 Å². The Morgan fingerprint density at radius 2 is 1.31 bits per heavy atom. The number of aromatic amines is 2. The first-order valence-electron chi connectivity index (χ1n) is 9.92. The SMILES string of the molecule is O=C(CCCC(=O)N=Nc1c(O)[nH]c2c(Br)cc(Br)cc12)N=Nc1[nH]c2c(Br)cc(Br)cc2c1O. The highest BCUT2D eigenvalue weighted by molar-refractivity contribution is 9.11. The molecule has 0 saturated carbocycles. The molecule has 0 aliphatic rings. The van der Waals surface area contributed by atoms with Crippen molar-refractivity contribution in [3.63, 3.8) is 0 Å². The maximum Gasteiger partial charge on any atom is 0.264 e. The third-order valence-electron chi connectivity index (χ3n) is 4.86. The molecule has 0 fully saturated rings. The summed E-state index contributed by atoms with van der Waals surface area (Å²) < 4.78 is 2.93. The lowest BCUT2D eigenvalue weighted by molar-refractivity contribution is -0.119. The van der Waals surface area contributed by atoms with Crippen LogP contribution in [0.2, 0.25) is 0 Å². The fraction of sp³-hybridized carbons (Fsp3) is 0.143. The molecule has 2 heterocycles. The lowest BCUT2D eigenvalue weighted by Crippen LogP contribution is -1.96. The number of nitrogens with one attached hydrogen (secondary N) is 2. The molecule has 14 heteroatoms. The minimum absolute atomic E-state index is 0.0418. The Morgan fingerprint density at radius 1 is 0.771 bits per heavy atom. The summed E-state index contributed by atoms with van der Waals surface area (Å²) in [4.78, 5) is 29.8. The fourth-order valence-corrected chi connectivity index (χ4v) is 5.91. The summed E-state index contributed by atoms with van der Waals surface area (Å²) in [5, 5.41) is 36.5. The fourth-order valence-electron chi connectivity index (χ4n) is 3.26. The molecule has 0 saturated heterocycles. The van der Waals surface area contributed by atoms with Crippen LogP contribution in [-0.4, -0.2) is 32.0 Å². The summed E-state index contributed by atoms with van der Waals surface area (Å²) >= 11 is 13.5. The molecule has 180 valence electrons. The van der Waals surface area contributed by atoms with Crippen LogP contribution in [0.4, 0.5) is 11.5 Å². The smallest absolute Gasteiger partial charge is 0.264 e. The summed E-state index contributed by atoms with van der Waals surface area (Å²) in [5.41, 5.74) is 1.37. The van der Waals surface area contributed by atoms with E-state index in [1.54, 1.807) is 24.3 Å². The summed E-state index contributed by atoms with van der Waals surface area (Å²) in [5.74, 6) is -1.41. The maximum absolute atomic E-state index is 12.1. The van der Waals surface area contributed by atoms with E-state index in [-0.39, 0.29) is 42.4 Å². The minimum Gasteiger partial charge on any atom is -0.504 e. The lowest BCUT2D eigenvalue weighted by atomic mass is 10.2. The Labute approximate surface area is 230 Å². The normalized spacial score (nSPS) is 12.0. The molecular formula is C21H14Br4N6O4. The molecule has 35 heavy (non-hydrogen) atoms. The number of benzene rings is 2. The largest absolute Gasteiger partial charge is 0.504 e. The number of H-pyrrole nitrogens is 2. The molecule has 0 aliphatic heterocycles. The van der Waals surface area contributed by atoms with Crippen LogP contribution >= 0.6 is 63.7 Å². The van der Waals surface area contributed by atoms with E-state index < -0.39 is 11.8 Å². The van der Waals surface area contributed by atoms with E-state index in [9.17, 15) is 19.8 Å². The quantitative estimate of drug-likeness (QED) is 0.147. The first kappa shape index (κ1) is 25.7. The lowest BCUT2D eigenvalue weighted by Gasteiger charge is -1.96. The van der Waals surface area contributed by atoms with E-state index in [1.807, 2.05) is 0 Å². The highest BCUT2D eigenvalue weighted by atomic mass is 79.9. The second-order valence-electron chi connectivity index (χ2n) is 7.31.